The number of hydrogen-bond donors (Lipinski definition) is 0. The molecule has 11 rings (SSSR count). The molecule has 3 nitrogen and oxygen atoms in total. The van der Waals surface area contributed by atoms with Gasteiger partial charge < -0.3 is 4.57 Å². The molecule has 0 bridgehead atoms. The Bertz CT molecular complexity index is 3150. The number of halogens is 1. The average Bonchev–Trinajstić information content (AvgIpc) is 3.81. The van der Waals surface area contributed by atoms with Gasteiger partial charge >= 0.3 is 0 Å². The van der Waals surface area contributed by atoms with Gasteiger partial charge in [0.2, 0.25) is 0 Å². The maximum absolute atomic E-state index is 6.90. The fraction of sp³-hybridized carbons (Fsp3) is 0. The zero-order valence-corrected chi connectivity index (χ0v) is 27.6. The summed E-state index contributed by atoms with van der Waals surface area (Å²) in [6.07, 6.45) is 0. The van der Waals surface area contributed by atoms with E-state index in [-0.39, 0.29) is 0 Å². The molecular formula is C42H22ClN3S2. The first-order valence-corrected chi connectivity index (χ1v) is 17.9. The molecule has 0 saturated heterocycles. The third-order valence-corrected chi connectivity index (χ3v) is 12.2. The van der Waals surface area contributed by atoms with E-state index in [2.05, 4.69) is 138 Å². The molecule has 4 heterocycles. The molecule has 0 spiro atoms. The number of para-hydroxylation sites is 1. The fourth-order valence-corrected chi connectivity index (χ4v) is 10.3. The maximum Gasteiger partial charge on any atom is 0.157 e. The molecule has 7 aromatic carbocycles. The van der Waals surface area contributed by atoms with Gasteiger partial charge in [0.15, 0.2) is 5.15 Å². The molecule has 0 aliphatic rings. The Morgan fingerprint density at radius 1 is 0.542 bits per heavy atom. The second-order valence-electron chi connectivity index (χ2n) is 12.3. The van der Waals surface area contributed by atoms with Gasteiger partial charge in [0.05, 0.1) is 15.7 Å². The van der Waals surface area contributed by atoms with Crippen molar-refractivity contribution in [3.8, 4) is 16.9 Å². The lowest BCUT2D eigenvalue weighted by Crippen LogP contribution is -1.96. The molecule has 0 unspecified atom stereocenters. The van der Waals surface area contributed by atoms with Crippen LogP contribution < -0.4 is 0 Å². The number of thiophene rings is 2. The van der Waals surface area contributed by atoms with Gasteiger partial charge in [-0.3, -0.25) is 0 Å². The molecule has 0 fully saturated rings. The van der Waals surface area contributed by atoms with E-state index in [1.54, 1.807) is 11.3 Å². The smallest absolute Gasteiger partial charge is 0.157 e. The lowest BCUT2D eigenvalue weighted by atomic mass is 9.96. The Labute approximate surface area is 286 Å². The van der Waals surface area contributed by atoms with Crippen LogP contribution in [0.25, 0.3) is 101 Å². The van der Waals surface area contributed by atoms with Gasteiger partial charge in [0.25, 0.3) is 0 Å². The van der Waals surface area contributed by atoms with Crippen molar-refractivity contribution in [3.05, 3.63) is 139 Å². The van der Waals surface area contributed by atoms with E-state index in [0.717, 1.165) is 31.7 Å². The zero-order chi connectivity index (χ0) is 31.5. The normalized spacial score (nSPS) is 12.3. The lowest BCUT2D eigenvalue weighted by molar-refractivity contribution is 1.19. The largest absolute Gasteiger partial charge is 0.308 e. The van der Waals surface area contributed by atoms with Crippen molar-refractivity contribution in [1.82, 2.24) is 14.5 Å². The summed E-state index contributed by atoms with van der Waals surface area (Å²) in [5.41, 5.74) is 5.98. The monoisotopic (exact) mass is 667 g/mol. The molecule has 224 valence electrons. The SMILES string of the molecule is Clc1nc2sc3ccccc3c2nc1-c1cccc(-n2c3ccccc3c3c4ccccc4c4c(sc5ccc6ccccc6c54)c32)c1. The van der Waals surface area contributed by atoms with E-state index in [1.165, 1.54) is 63.5 Å². The summed E-state index contributed by atoms with van der Waals surface area (Å²) in [5.74, 6) is 0. The molecule has 0 aliphatic heterocycles. The molecule has 11 aromatic rings. The topological polar surface area (TPSA) is 30.7 Å². The van der Waals surface area contributed by atoms with Crippen molar-refractivity contribution in [2.75, 3.05) is 0 Å². The second kappa shape index (κ2) is 9.85. The highest BCUT2D eigenvalue weighted by Crippen LogP contribution is 2.49. The first kappa shape index (κ1) is 26.7. The van der Waals surface area contributed by atoms with Crippen LogP contribution in [0.4, 0.5) is 0 Å². The summed E-state index contributed by atoms with van der Waals surface area (Å²) in [6, 6.07) is 47.9. The van der Waals surface area contributed by atoms with Crippen LogP contribution in [-0.4, -0.2) is 14.5 Å². The predicted molar refractivity (Wildman–Crippen MR) is 208 cm³/mol. The zero-order valence-electron chi connectivity index (χ0n) is 25.2. The number of benzene rings is 7. The highest BCUT2D eigenvalue weighted by Gasteiger charge is 2.23. The van der Waals surface area contributed by atoms with E-state index in [9.17, 15) is 0 Å². The van der Waals surface area contributed by atoms with Gasteiger partial charge in [0, 0.05) is 47.6 Å². The average molecular weight is 668 g/mol. The molecule has 0 amide bonds. The number of aromatic nitrogens is 3. The number of rotatable bonds is 2. The summed E-state index contributed by atoms with van der Waals surface area (Å²) < 4.78 is 6.19. The molecule has 0 aliphatic carbocycles. The fourth-order valence-electron chi connectivity index (χ4n) is 7.69. The lowest BCUT2D eigenvalue weighted by Gasteiger charge is -2.12. The van der Waals surface area contributed by atoms with Gasteiger partial charge in [-0.05, 0) is 51.9 Å². The van der Waals surface area contributed by atoms with Gasteiger partial charge in [-0.15, -0.1) is 22.7 Å². The third kappa shape index (κ3) is 3.58. The molecule has 0 atom stereocenters. The van der Waals surface area contributed by atoms with E-state index in [1.807, 2.05) is 11.3 Å². The van der Waals surface area contributed by atoms with Crippen LogP contribution in [0.5, 0.6) is 0 Å². The summed E-state index contributed by atoms with van der Waals surface area (Å²) >= 11 is 10.4. The number of fused-ring (bicyclic) bond motifs is 15. The Morgan fingerprint density at radius 3 is 2.15 bits per heavy atom. The third-order valence-electron chi connectivity index (χ3n) is 9.68. The minimum Gasteiger partial charge on any atom is -0.308 e. The van der Waals surface area contributed by atoms with E-state index in [4.69, 9.17) is 21.6 Å². The molecule has 0 saturated carbocycles. The van der Waals surface area contributed by atoms with Crippen LogP contribution in [-0.2, 0) is 0 Å². The van der Waals surface area contributed by atoms with Crippen molar-refractivity contribution >= 4 is 118 Å². The molecule has 0 radical (unpaired) electrons. The summed E-state index contributed by atoms with van der Waals surface area (Å²) in [5, 5.41) is 11.8. The first-order chi connectivity index (χ1) is 23.7. The van der Waals surface area contributed by atoms with Crippen LogP contribution in [0.3, 0.4) is 0 Å². The molecule has 48 heavy (non-hydrogen) atoms. The predicted octanol–water partition coefficient (Wildman–Crippen LogP) is 12.9. The van der Waals surface area contributed by atoms with E-state index >= 15 is 0 Å². The second-order valence-corrected chi connectivity index (χ2v) is 14.7. The van der Waals surface area contributed by atoms with E-state index < -0.39 is 0 Å². The van der Waals surface area contributed by atoms with Crippen molar-refractivity contribution in [1.29, 1.82) is 0 Å². The number of hydrogen-bond acceptors (Lipinski definition) is 4. The van der Waals surface area contributed by atoms with E-state index in [0.29, 0.717) is 10.8 Å². The minimum atomic E-state index is 0.415. The Balaban J connectivity index is 1.27. The summed E-state index contributed by atoms with van der Waals surface area (Å²) in [7, 11) is 0. The highest BCUT2D eigenvalue weighted by molar-refractivity contribution is 7.27. The van der Waals surface area contributed by atoms with Crippen molar-refractivity contribution in [3.63, 3.8) is 0 Å². The molecule has 0 N–H and O–H groups in total. The van der Waals surface area contributed by atoms with Crippen molar-refractivity contribution in [2.24, 2.45) is 0 Å². The van der Waals surface area contributed by atoms with Crippen LogP contribution in [0.1, 0.15) is 0 Å². The van der Waals surface area contributed by atoms with Gasteiger partial charge in [-0.1, -0.05) is 115 Å². The molecule has 6 heteroatoms. The van der Waals surface area contributed by atoms with Gasteiger partial charge in [-0.25, -0.2) is 9.97 Å². The van der Waals surface area contributed by atoms with Crippen LogP contribution >= 0.6 is 34.3 Å². The van der Waals surface area contributed by atoms with Gasteiger partial charge in [0.1, 0.15) is 16.0 Å². The first-order valence-electron chi connectivity index (χ1n) is 15.9. The standard InChI is InChI=1S/C42H22ClN3S2/c43-41-37(44-38-30-17-6-8-19-32(30)48-42(38)45-41)24-11-9-12-25(22-24)46-31-18-7-5-16-29(31)34-27-14-3-4-15-28(27)36-35-26-13-2-1-10-23(26)20-21-33(35)47-40(36)39(34)46/h1-22H. The quantitative estimate of drug-likeness (QED) is 0.184. The Kier molecular flexibility index (Phi) is 5.48. The Hall–Kier alpha value is -5.33. The molecule has 4 aromatic heterocycles. The van der Waals surface area contributed by atoms with Crippen LogP contribution in [0, 0.1) is 0 Å². The van der Waals surface area contributed by atoms with Crippen molar-refractivity contribution in [2.45, 2.75) is 0 Å². The number of nitrogens with zero attached hydrogens (tertiary/aromatic N) is 3. The summed E-state index contributed by atoms with van der Waals surface area (Å²) in [4.78, 5) is 10.8. The van der Waals surface area contributed by atoms with Crippen LogP contribution in [0.15, 0.2) is 133 Å². The van der Waals surface area contributed by atoms with Crippen molar-refractivity contribution < 1.29 is 0 Å². The van der Waals surface area contributed by atoms with Crippen LogP contribution in [0.2, 0.25) is 5.15 Å². The van der Waals surface area contributed by atoms with Gasteiger partial charge in [-0.2, -0.15) is 0 Å². The molecular weight excluding hydrogens is 646 g/mol. The maximum atomic E-state index is 6.90. The minimum absolute atomic E-state index is 0.415. The Morgan fingerprint density at radius 2 is 1.27 bits per heavy atom. The highest BCUT2D eigenvalue weighted by atomic mass is 35.5. The summed E-state index contributed by atoms with van der Waals surface area (Å²) in [6.45, 7) is 0.